The van der Waals surface area contributed by atoms with Crippen LogP contribution in [-0.2, 0) is 9.53 Å². The Morgan fingerprint density at radius 1 is 1.48 bits per heavy atom. The van der Waals surface area contributed by atoms with Crippen molar-refractivity contribution in [3.8, 4) is 17.1 Å². The molecule has 0 N–H and O–H groups in total. The molecule has 0 saturated heterocycles. The predicted molar refractivity (Wildman–Crippen MR) is 79.0 cm³/mol. The van der Waals surface area contributed by atoms with Crippen LogP contribution in [0, 0.1) is 0 Å². The van der Waals surface area contributed by atoms with Crippen molar-refractivity contribution in [2.45, 2.75) is 19.8 Å². The third-order valence-electron chi connectivity index (χ3n) is 2.86. The van der Waals surface area contributed by atoms with E-state index in [0.29, 0.717) is 18.2 Å². The standard InChI is InChI=1S/C14H15BrN2O4/c1-4-20-14(18)8(2)13-16-12(17-21-13)9-5-6-11(19-3)10(15)7-9/h5-8H,4H2,1-3H3. The summed E-state index contributed by atoms with van der Waals surface area (Å²) in [4.78, 5) is 15.9. The first-order valence-corrected chi connectivity index (χ1v) is 7.20. The van der Waals surface area contributed by atoms with Crippen molar-refractivity contribution in [1.82, 2.24) is 10.1 Å². The third kappa shape index (κ3) is 3.41. The molecule has 1 aromatic carbocycles. The summed E-state index contributed by atoms with van der Waals surface area (Å²) in [5, 5.41) is 3.89. The fourth-order valence-electron chi connectivity index (χ4n) is 1.70. The van der Waals surface area contributed by atoms with E-state index in [1.165, 1.54) is 0 Å². The predicted octanol–water partition coefficient (Wildman–Crippen LogP) is 3.17. The largest absolute Gasteiger partial charge is 0.496 e. The Bertz CT molecular complexity index is 642. The van der Waals surface area contributed by atoms with Gasteiger partial charge in [0.05, 0.1) is 18.2 Å². The fraction of sp³-hybridized carbons (Fsp3) is 0.357. The highest BCUT2D eigenvalue weighted by atomic mass is 79.9. The molecule has 1 aromatic heterocycles. The van der Waals surface area contributed by atoms with Crippen LogP contribution in [-0.4, -0.2) is 29.8 Å². The van der Waals surface area contributed by atoms with Crippen molar-refractivity contribution in [1.29, 1.82) is 0 Å². The number of carbonyl (C=O) groups excluding carboxylic acids is 1. The van der Waals surface area contributed by atoms with Gasteiger partial charge >= 0.3 is 5.97 Å². The number of carbonyl (C=O) groups is 1. The first-order valence-electron chi connectivity index (χ1n) is 6.41. The van der Waals surface area contributed by atoms with Gasteiger partial charge in [-0.1, -0.05) is 5.16 Å². The molecule has 7 heteroatoms. The Kier molecular flexibility index (Phi) is 4.95. The number of benzene rings is 1. The van der Waals surface area contributed by atoms with E-state index in [1.807, 2.05) is 12.1 Å². The van der Waals surface area contributed by atoms with Gasteiger partial charge in [0.25, 0.3) is 0 Å². The van der Waals surface area contributed by atoms with Gasteiger partial charge in [0.2, 0.25) is 11.7 Å². The van der Waals surface area contributed by atoms with Gasteiger partial charge in [-0.05, 0) is 48.0 Å². The minimum atomic E-state index is -0.590. The first kappa shape index (κ1) is 15.5. The minimum Gasteiger partial charge on any atom is -0.496 e. The normalized spacial score (nSPS) is 12.0. The van der Waals surface area contributed by atoms with Crippen LogP contribution in [0.15, 0.2) is 27.2 Å². The minimum absolute atomic E-state index is 0.232. The number of hydrogen-bond donors (Lipinski definition) is 0. The average Bonchev–Trinajstić information content (AvgIpc) is 2.96. The molecular formula is C14H15BrN2O4. The Hall–Kier alpha value is -1.89. The summed E-state index contributed by atoms with van der Waals surface area (Å²) in [5.41, 5.74) is 0.758. The number of rotatable bonds is 5. The van der Waals surface area contributed by atoms with E-state index < -0.39 is 5.92 Å². The molecule has 0 amide bonds. The Labute approximate surface area is 130 Å². The zero-order chi connectivity index (χ0) is 15.4. The highest BCUT2D eigenvalue weighted by Crippen LogP contribution is 2.29. The molecule has 0 aliphatic heterocycles. The fourth-order valence-corrected chi connectivity index (χ4v) is 2.24. The van der Waals surface area contributed by atoms with Crippen molar-refractivity contribution in [2.24, 2.45) is 0 Å². The van der Waals surface area contributed by atoms with Crippen LogP contribution in [0.1, 0.15) is 25.7 Å². The molecule has 21 heavy (non-hydrogen) atoms. The number of halogens is 1. The van der Waals surface area contributed by atoms with Gasteiger partial charge in [-0.25, -0.2) is 0 Å². The molecule has 1 heterocycles. The lowest BCUT2D eigenvalue weighted by atomic mass is 10.2. The SMILES string of the molecule is CCOC(=O)C(C)c1nc(-c2ccc(OC)c(Br)c2)no1. The Morgan fingerprint density at radius 3 is 2.86 bits per heavy atom. The molecule has 0 aliphatic carbocycles. The van der Waals surface area contributed by atoms with Gasteiger partial charge in [0.1, 0.15) is 11.7 Å². The van der Waals surface area contributed by atoms with Gasteiger partial charge in [-0.15, -0.1) is 0 Å². The number of nitrogens with zero attached hydrogens (tertiary/aromatic N) is 2. The smallest absolute Gasteiger partial charge is 0.318 e. The molecule has 0 saturated carbocycles. The van der Waals surface area contributed by atoms with Crippen molar-refractivity contribution in [2.75, 3.05) is 13.7 Å². The maximum Gasteiger partial charge on any atom is 0.318 e. The summed E-state index contributed by atoms with van der Waals surface area (Å²) in [7, 11) is 1.59. The second-order valence-electron chi connectivity index (χ2n) is 4.28. The van der Waals surface area contributed by atoms with E-state index in [1.54, 1.807) is 27.0 Å². The molecule has 0 radical (unpaired) electrons. The van der Waals surface area contributed by atoms with Crippen molar-refractivity contribution >= 4 is 21.9 Å². The number of esters is 1. The molecule has 0 spiro atoms. The lowest BCUT2D eigenvalue weighted by Gasteiger charge is -2.05. The summed E-state index contributed by atoms with van der Waals surface area (Å²) in [6.45, 7) is 3.73. The molecule has 0 bridgehead atoms. The topological polar surface area (TPSA) is 74.5 Å². The van der Waals surface area contributed by atoms with Gasteiger partial charge in [-0.2, -0.15) is 4.98 Å². The van der Waals surface area contributed by atoms with E-state index in [4.69, 9.17) is 14.0 Å². The monoisotopic (exact) mass is 354 g/mol. The van der Waals surface area contributed by atoms with Crippen molar-refractivity contribution in [3.63, 3.8) is 0 Å². The summed E-state index contributed by atoms with van der Waals surface area (Å²) in [5.74, 6) is 0.374. The zero-order valence-corrected chi connectivity index (χ0v) is 13.5. The lowest BCUT2D eigenvalue weighted by Crippen LogP contribution is -2.13. The van der Waals surface area contributed by atoms with E-state index >= 15 is 0 Å². The molecule has 2 aromatic rings. The van der Waals surface area contributed by atoms with Crippen LogP contribution in [0.3, 0.4) is 0 Å². The molecule has 1 atom stereocenters. The van der Waals surface area contributed by atoms with E-state index in [0.717, 1.165) is 10.0 Å². The van der Waals surface area contributed by atoms with Gasteiger partial charge < -0.3 is 14.0 Å². The molecule has 112 valence electrons. The molecule has 2 rings (SSSR count). The highest BCUT2D eigenvalue weighted by Gasteiger charge is 2.23. The Balaban J connectivity index is 2.23. The van der Waals surface area contributed by atoms with Gasteiger partial charge in [0.15, 0.2) is 0 Å². The molecular weight excluding hydrogens is 340 g/mol. The summed E-state index contributed by atoms with van der Waals surface area (Å²) in [6.07, 6.45) is 0. The lowest BCUT2D eigenvalue weighted by molar-refractivity contribution is -0.145. The maximum atomic E-state index is 11.7. The molecule has 1 unspecified atom stereocenters. The second kappa shape index (κ2) is 6.71. The van der Waals surface area contributed by atoms with Crippen LogP contribution in [0.5, 0.6) is 5.75 Å². The summed E-state index contributed by atoms with van der Waals surface area (Å²) in [6, 6.07) is 5.43. The second-order valence-corrected chi connectivity index (χ2v) is 5.13. The summed E-state index contributed by atoms with van der Waals surface area (Å²) >= 11 is 3.40. The van der Waals surface area contributed by atoms with Crippen LogP contribution in [0.4, 0.5) is 0 Å². The first-order chi connectivity index (χ1) is 10.1. The average molecular weight is 355 g/mol. The number of hydrogen-bond acceptors (Lipinski definition) is 6. The maximum absolute atomic E-state index is 11.7. The van der Waals surface area contributed by atoms with E-state index in [2.05, 4.69) is 26.1 Å². The number of ether oxygens (including phenoxy) is 2. The molecule has 0 fully saturated rings. The number of methoxy groups -OCH3 is 1. The van der Waals surface area contributed by atoms with Crippen LogP contribution < -0.4 is 4.74 Å². The van der Waals surface area contributed by atoms with Gasteiger partial charge in [-0.3, -0.25) is 4.79 Å². The van der Waals surface area contributed by atoms with E-state index in [-0.39, 0.29) is 11.9 Å². The van der Waals surface area contributed by atoms with Crippen LogP contribution in [0.25, 0.3) is 11.4 Å². The molecule has 6 nitrogen and oxygen atoms in total. The molecule has 0 aliphatic rings. The zero-order valence-electron chi connectivity index (χ0n) is 11.9. The highest BCUT2D eigenvalue weighted by molar-refractivity contribution is 9.10. The van der Waals surface area contributed by atoms with Crippen LogP contribution >= 0.6 is 15.9 Å². The third-order valence-corrected chi connectivity index (χ3v) is 3.48. The van der Waals surface area contributed by atoms with Crippen LogP contribution in [0.2, 0.25) is 0 Å². The van der Waals surface area contributed by atoms with Crippen molar-refractivity contribution in [3.05, 3.63) is 28.6 Å². The van der Waals surface area contributed by atoms with Crippen molar-refractivity contribution < 1.29 is 18.8 Å². The quantitative estimate of drug-likeness (QED) is 0.767. The Morgan fingerprint density at radius 2 is 2.24 bits per heavy atom. The number of aromatic nitrogens is 2. The van der Waals surface area contributed by atoms with Gasteiger partial charge in [0, 0.05) is 5.56 Å². The van der Waals surface area contributed by atoms with E-state index in [9.17, 15) is 4.79 Å². The summed E-state index contributed by atoms with van der Waals surface area (Å²) < 4.78 is 16.0.